The van der Waals surface area contributed by atoms with Gasteiger partial charge in [-0.3, -0.25) is 9.59 Å². The molecule has 1 aromatic heterocycles. The Bertz CT molecular complexity index is 1530. The first-order valence-corrected chi connectivity index (χ1v) is 19.4. The Kier molecular flexibility index (Phi) is 29.9. The van der Waals surface area contributed by atoms with Gasteiger partial charge in [-0.1, -0.05) is 118 Å². The number of fused-ring (bicyclic) bond motifs is 1. The Morgan fingerprint density at radius 2 is 1.33 bits per heavy atom. The Hall–Kier alpha value is -4.46. The van der Waals surface area contributed by atoms with Crippen LogP contribution in [0.1, 0.15) is 140 Å². The van der Waals surface area contributed by atoms with Crippen LogP contribution in [0.3, 0.4) is 0 Å². The molecule has 0 unspecified atom stereocenters. The van der Waals surface area contributed by atoms with Gasteiger partial charge in [-0.05, 0) is 70.6 Å². The van der Waals surface area contributed by atoms with Crippen LogP contribution >= 0.6 is 0 Å². The van der Waals surface area contributed by atoms with Gasteiger partial charge in [-0.25, -0.2) is 0 Å². The minimum Gasteiger partial charge on any atom is -0.508 e. The van der Waals surface area contributed by atoms with Gasteiger partial charge in [0, 0.05) is 24.1 Å². The molecule has 2 aromatic carbocycles. The molecule has 0 bridgehead atoms. The largest absolute Gasteiger partial charge is 0.508 e. The first-order chi connectivity index (χ1) is 25.2. The Balaban J connectivity index is 0. The van der Waals surface area contributed by atoms with Crippen molar-refractivity contribution in [1.29, 1.82) is 0 Å². The van der Waals surface area contributed by atoms with Crippen molar-refractivity contribution < 1.29 is 34.0 Å². The van der Waals surface area contributed by atoms with E-state index >= 15 is 0 Å². The highest BCUT2D eigenvalue weighted by atomic mass is 16.5. The number of carbonyl (C=O) groups excluding carboxylic acids is 1. The average Bonchev–Trinajstić information content (AvgIpc) is 3.15. The van der Waals surface area contributed by atoms with E-state index in [2.05, 4.69) is 43.4 Å². The predicted octanol–water partition coefficient (Wildman–Crippen LogP) is 13.0. The summed E-state index contributed by atoms with van der Waals surface area (Å²) in [6, 6.07) is 6.42. The van der Waals surface area contributed by atoms with Gasteiger partial charge < -0.3 is 29.2 Å². The van der Waals surface area contributed by atoms with Crippen LogP contribution in [0.15, 0.2) is 76.0 Å². The van der Waals surface area contributed by atoms with Crippen LogP contribution in [0.2, 0.25) is 0 Å². The Labute approximate surface area is 313 Å². The fourth-order valence-corrected chi connectivity index (χ4v) is 4.60. The van der Waals surface area contributed by atoms with E-state index in [9.17, 15) is 24.9 Å². The summed E-state index contributed by atoms with van der Waals surface area (Å²) in [4.78, 5) is 26.6. The minimum absolute atomic E-state index is 0.0131. The lowest BCUT2D eigenvalue weighted by molar-refractivity contribution is -0.134. The van der Waals surface area contributed by atoms with E-state index in [1.165, 1.54) is 30.3 Å². The molecule has 0 saturated heterocycles. The Morgan fingerprint density at radius 1 is 0.750 bits per heavy atom. The molecule has 0 aliphatic heterocycles. The second kappa shape index (κ2) is 31.3. The molecule has 0 spiro atoms. The zero-order chi connectivity index (χ0) is 39.9. The highest BCUT2D eigenvalue weighted by Crippen LogP contribution is 2.39. The van der Waals surface area contributed by atoms with Gasteiger partial charge >= 0.3 is 5.97 Å². The number of hydrogen-bond donors (Lipinski definition) is 3. The van der Waals surface area contributed by atoms with Crippen LogP contribution in [0.4, 0.5) is 0 Å². The van der Waals surface area contributed by atoms with Crippen molar-refractivity contribution >= 4 is 16.9 Å². The van der Waals surface area contributed by atoms with Crippen LogP contribution < -0.4 is 14.9 Å². The summed E-state index contributed by atoms with van der Waals surface area (Å²) in [5.41, 5.74) is -0.445. The predicted molar refractivity (Wildman–Crippen MR) is 219 cm³/mol. The third kappa shape index (κ3) is 18.7. The molecule has 8 nitrogen and oxygen atoms in total. The molecule has 1 heterocycles. The fraction of sp³-hybridized carbons (Fsp3) is 0.500. The molecule has 0 radical (unpaired) electrons. The molecule has 0 atom stereocenters. The number of esters is 1. The van der Waals surface area contributed by atoms with Gasteiger partial charge in [-0.15, -0.1) is 0 Å². The monoisotopic (exact) mass is 724 g/mol. The molecule has 292 valence electrons. The average molecular weight is 725 g/mol. The zero-order valence-electron chi connectivity index (χ0n) is 33.9. The maximum atomic E-state index is 13.7. The van der Waals surface area contributed by atoms with Crippen LogP contribution in [0, 0.1) is 0 Å². The molecular weight excluding hydrogens is 656 g/mol. The van der Waals surface area contributed by atoms with Crippen molar-refractivity contribution in [3.8, 4) is 40.1 Å². The maximum absolute atomic E-state index is 13.7. The SMILES string of the molecule is CC.CC.CC.CC.CC/C=C\C/C=C\C/C=C\CCCCCCCC(=O)Oc1c(-c2ccc(O)c(O)c2)oc2cc(O)cc(OC(C)C)c2c1=O. The number of phenols is 3. The standard InChI is InChI=1S/C36H44O8.4C2H6/c1-4-5-6-7-8-9-10-11-12-13-14-15-16-17-18-19-32(40)44-36-34(41)33-30(42-25(2)3)23-27(37)24-31(33)43-35(36)26-20-21-28(38)29(39)22-26;4*1-2/h5-6,8-9,11-12,20-25,37-39H,4,7,10,13-19H2,1-3H3;4*1-2H3/b6-5-,9-8-,12-11-;;;;. The molecule has 52 heavy (non-hydrogen) atoms. The number of aromatic hydroxyl groups is 3. The second-order valence-corrected chi connectivity index (χ2v) is 10.9. The fourth-order valence-electron chi connectivity index (χ4n) is 4.60. The summed E-state index contributed by atoms with van der Waals surface area (Å²) in [7, 11) is 0. The third-order valence-corrected chi connectivity index (χ3v) is 6.75. The van der Waals surface area contributed by atoms with Crippen molar-refractivity contribution in [1.82, 2.24) is 0 Å². The summed E-state index contributed by atoms with van der Waals surface area (Å²) in [5, 5.41) is 30.1. The second-order valence-electron chi connectivity index (χ2n) is 10.9. The van der Waals surface area contributed by atoms with Gasteiger partial charge in [0.2, 0.25) is 11.2 Å². The molecular formula is C44H68O8. The van der Waals surface area contributed by atoms with Crippen molar-refractivity contribution in [2.24, 2.45) is 0 Å². The molecule has 0 saturated carbocycles. The first-order valence-electron chi connectivity index (χ1n) is 19.4. The van der Waals surface area contributed by atoms with Gasteiger partial charge in [0.15, 0.2) is 17.3 Å². The van der Waals surface area contributed by atoms with Crippen LogP contribution in [0.25, 0.3) is 22.3 Å². The number of ether oxygens (including phenoxy) is 2. The zero-order valence-corrected chi connectivity index (χ0v) is 33.9. The Morgan fingerprint density at radius 3 is 1.92 bits per heavy atom. The maximum Gasteiger partial charge on any atom is 0.311 e. The van der Waals surface area contributed by atoms with Gasteiger partial charge in [0.1, 0.15) is 22.5 Å². The van der Waals surface area contributed by atoms with Gasteiger partial charge in [0.05, 0.1) is 6.10 Å². The van der Waals surface area contributed by atoms with Crippen molar-refractivity contribution in [3.63, 3.8) is 0 Å². The van der Waals surface area contributed by atoms with E-state index in [1.807, 2.05) is 55.4 Å². The molecule has 0 aliphatic rings. The summed E-state index contributed by atoms with van der Waals surface area (Å²) in [6.07, 6.45) is 21.5. The molecule has 0 fully saturated rings. The summed E-state index contributed by atoms with van der Waals surface area (Å²) in [6.45, 7) is 21.7. The van der Waals surface area contributed by atoms with E-state index in [1.54, 1.807) is 13.8 Å². The normalized spacial score (nSPS) is 10.5. The third-order valence-electron chi connectivity index (χ3n) is 6.75. The number of unbranched alkanes of at least 4 members (excludes halogenated alkanes) is 5. The first kappa shape index (κ1) is 49.7. The molecule has 0 amide bonds. The van der Waals surface area contributed by atoms with Crippen molar-refractivity contribution in [3.05, 3.63) is 77.0 Å². The van der Waals surface area contributed by atoms with E-state index < -0.39 is 17.1 Å². The lowest BCUT2D eigenvalue weighted by atomic mass is 10.1. The lowest BCUT2D eigenvalue weighted by Crippen LogP contribution is -2.17. The van der Waals surface area contributed by atoms with Crippen molar-refractivity contribution in [2.75, 3.05) is 0 Å². The van der Waals surface area contributed by atoms with Gasteiger partial charge in [-0.2, -0.15) is 0 Å². The number of hydrogen-bond acceptors (Lipinski definition) is 8. The summed E-state index contributed by atoms with van der Waals surface area (Å²) in [5.74, 6) is -1.96. The smallest absolute Gasteiger partial charge is 0.311 e. The number of phenolic OH excluding ortho intramolecular Hbond substituents is 3. The van der Waals surface area contributed by atoms with Crippen molar-refractivity contribution in [2.45, 2.75) is 146 Å². The molecule has 3 rings (SSSR count). The van der Waals surface area contributed by atoms with Crippen LogP contribution in [-0.2, 0) is 4.79 Å². The number of allylic oxidation sites excluding steroid dienone is 6. The molecule has 3 aromatic rings. The quantitative estimate of drug-likeness (QED) is 0.0543. The number of benzene rings is 2. The highest BCUT2D eigenvalue weighted by Gasteiger charge is 2.24. The number of rotatable bonds is 17. The molecule has 0 aliphatic carbocycles. The van der Waals surface area contributed by atoms with Crippen LogP contribution in [-0.4, -0.2) is 27.4 Å². The van der Waals surface area contributed by atoms with E-state index in [4.69, 9.17) is 13.9 Å². The molecule has 8 heteroatoms. The molecule has 3 N–H and O–H groups in total. The van der Waals surface area contributed by atoms with Gasteiger partial charge in [0.25, 0.3) is 0 Å². The van der Waals surface area contributed by atoms with Crippen LogP contribution in [0.5, 0.6) is 28.7 Å². The topological polar surface area (TPSA) is 126 Å². The summed E-state index contributed by atoms with van der Waals surface area (Å²) >= 11 is 0. The summed E-state index contributed by atoms with van der Waals surface area (Å²) < 4.78 is 17.3. The van der Waals surface area contributed by atoms with E-state index in [0.29, 0.717) is 6.42 Å². The lowest BCUT2D eigenvalue weighted by Gasteiger charge is -2.15. The number of carbonyl (C=O) groups is 1. The van der Waals surface area contributed by atoms with E-state index in [0.717, 1.165) is 51.4 Å². The highest BCUT2D eigenvalue weighted by molar-refractivity contribution is 5.90. The minimum atomic E-state index is -0.658. The van der Waals surface area contributed by atoms with E-state index in [-0.39, 0.29) is 57.8 Å².